The van der Waals surface area contributed by atoms with E-state index in [0.717, 1.165) is 10.4 Å². The maximum atomic E-state index is 12.6. The molecule has 0 saturated carbocycles. The summed E-state index contributed by atoms with van der Waals surface area (Å²) in [6.45, 7) is 0. The molecule has 4 aromatic rings. The summed E-state index contributed by atoms with van der Waals surface area (Å²) in [7, 11) is 0. The normalized spacial score (nSPS) is 11.1. The van der Waals surface area contributed by atoms with Crippen LogP contribution in [0.5, 0.6) is 0 Å². The van der Waals surface area contributed by atoms with Gasteiger partial charge in [-0.1, -0.05) is 35.9 Å². The third kappa shape index (κ3) is 5.38. The number of benzene rings is 2. The fourth-order valence-corrected chi connectivity index (χ4v) is 4.22. The number of hydrogen-bond acceptors (Lipinski definition) is 7. The molecule has 0 aliphatic carbocycles. The van der Waals surface area contributed by atoms with E-state index in [-0.39, 0.29) is 22.8 Å². The van der Waals surface area contributed by atoms with Gasteiger partial charge in [0.15, 0.2) is 5.13 Å². The summed E-state index contributed by atoms with van der Waals surface area (Å²) in [6, 6.07) is 18.5. The van der Waals surface area contributed by atoms with Gasteiger partial charge >= 0.3 is 0 Å². The van der Waals surface area contributed by atoms with Crippen LogP contribution in [-0.2, 0) is 11.2 Å². The van der Waals surface area contributed by atoms with Crippen LogP contribution in [0.1, 0.15) is 16.2 Å². The number of nitriles is 1. The van der Waals surface area contributed by atoms with Gasteiger partial charge in [-0.3, -0.25) is 20.2 Å². The molecule has 2 aromatic carbocycles. The summed E-state index contributed by atoms with van der Waals surface area (Å²) < 4.78 is 5.64. The molecule has 0 radical (unpaired) electrons. The molecule has 1 N–H and O–H groups in total. The Morgan fingerprint density at radius 3 is 2.82 bits per heavy atom. The highest BCUT2D eigenvalue weighted by Crippen LogP contribution is 2.31. The lowest BCUT2D eigenvalue weighted by molar-refractivity contribution is -0.384. The van der Waals surface area contributed by atoms with E-state index in [0.29, 0.717) is 22.1 Å². The number of nitro benzene ring substituents is 1. The summed E-state index contributed by atoms with van der Waals surface area (Å²) in [4.78, 5) is 28.5. The number of furan rings is 1. The molecule has 168 valence electrons. The van der Waals surface area contributed by atoms with Crippen molar-refractivity contribution in [1.29, 1.82) is 5.26 Å². The van der Waals surface area contributed by atoms with Crippen LogP contribution in [0.4, 0.5) is 10.8 Å². The summed E-state index contributed by atoms with van der Waals surface area (Å²) >= 11 is 7.31. The van der Waals surface area contributed by atoms with Gasteiger partial charge in [0, 0.05) is 34.7 Å². The molecule has 34 heavy (non-hydrogen) atoms. The highest BCUT2D eigenvalue weighted by Gasteiger charge is 2.18. The second-order valence-electron chi connectivity index (χ2n) is 7.04. The average molecular weight is 491 g/mol. The molecule has 2 aromatic heterocycles. The number of anilines is 1. The largest absolute Gasteiger partial charge is 0.456 e. The summed E-state index contributed by atoms with van der Waals surface area (Å²) in [5.41, 5.74) is 1.00. The molecule has 0 atom stereocenters. The molecular weight excluding hydrogens is 476 g/mol. The minimum absolute atomic E-state index is 0.108. The Kier molecular flexibility index (Phi) is 6.82. The Morgan fingerprint density at radius 2 is 2.06 bits per heavy atom. The van der Waals surface area contributed by atoms with E-state index < -0.39 is 10.8 Å². The predicted octanol–water partition coefficient (Wildman–Crippen LogP) is 6.10. The van der Waals surface area contributed by atoms with E-state index in [4.69, 9.17) is 16.0 Å². The van der Waals surface area contributed by atoms with E-state index in [9.17, 15) is 20.2 Å². The number of para-hydroxylation sites is 1. The molecule has 10 heteroatoms. The number of aromatic nitrogens is 1. The van der Waals surface area contributed by atoms with Crippen LogP contribution < -0.4 is 5.32 Å². The molecule has 2 heterocycles. The predicted molar refractivity (Wildman–Crippen MR) is 129 cm³/mol. The Hall–Kier alpha value is -4.26. The zero-order valence-corrected chi connectivity index (χ0v) is 19.0. The Labute approximate surface area is 202 Å². The van der Waals surface area contributed by atoms with E-state index in [1.165, 1.54) is 29.5 Å². The maximum Gasteiger partial charge on any atom is 0.280 e. The van der Waals surface area contributed by atoms with Gasteiger partial charge in [0.05, 0.1) is 10.5 Å². The average Bonchev–Trinajstić information content (AvgIpc) is 3.47. The van der Waals surface area contributed by atoms with E-state index in [1.54, 1.807) is 36.5 Å². The molecule has 0 spiro atoms. The highest BCUT2D eigenvalue weighted by atomic mass is 35.5. The van der Waals surface area contributed by atoms with Gasteiger partial charge in [-0.05, 0) is 35.9 Å². The van der Waals surface area contributed by atoms with E-state index in [2.05, 4.69) is 10.3 Å². The maximum absolute atomic E-state index is 12.6. The standard InChI is InChI=1S/C24H15ClN4O4S/c25-17-5-3-4-15(10-17)11-19-14-27-24(34-19)28-23(30)16(13-26)12-18-8-9-22(33-18)20-6-1-2-7-21(20)29(31)32/h1-10,12,14H,11H2,(H,27,28,30). The zero-order chi connectivity index (χ0) is 24.1. The number of nitro groups is 1. The second-order valence-corrected chi connectivity index (χ2v) is 8.59. The number of carbonyl (C=O) groups excluding carboxylic acids is 1. The minimum atomic E-state index is -0.644. The van der Waals surface area contributed by atoms with Gasteiger partial charge in [-0.25, -0.2) is 4.98 Å². The van der Waals surface area contributed by atoms with Crippen molar-refractivity contribution < 1.29 is 14.1 Å². The molecule has 0 aliphatic heterocycles. The lowest BCUT2D eigenvalue weighted by atomic mass is 10.1. The topological polar surface area (TPSA) is 122 Å². The zero-order valence-electron chi connectivity index (χ0n) is 17.4. The van der Waals surface area contributed by atoms with Crippen molar-refractivity contribution in [2.75, 3.05) is 5.32 Å². The number of nitrogens with zero attached hydrogens (tertiary/aromatic N) is 3. The van der Waals surface area contributed by atoms with Crippen LogP contribution in [0, 0.1) is 21.4 Å². The van der Waals surface area contributed by atoms with E-state index >= 15 is 0 Å². The molecule has 0 unspecified atom stereocenters. The number of rotatable bonds is 7. The number of carbonyl (C=O) groups is 1. The first-order chi connectivity index (χ1) is 16.4. The first-order valence-electron chi connectivity index (χ1n) is 9.89. The molecule has 0 fully saturated rings. The highest BCUT2D eigenvalue weighted by molar-refractivity contribution is 7.15. The molecule has 0 bridgehead atoms. The van der Waals surface area contributed by atoms with Crippen molar-refractivity contribution in [2.24, 2.45) is 0 Å². The molecule has 0 saturated heterocycles. The summed E-state index contributed by atoms with van der Waals surface area (Å²) in [5, 5.41) is 24.3. The molecule has 1 amide bonds. The summed E-state index contributed by atoms with van der Waals surface area (Å²) in [6.07, 6.45) is 3.53. The van der Waals surface area contributed by atoms with Crippen LogP contribution in [0.25, 0.3) is 17.4 Å². The molecule has 4 rings (SSSR count). The van der Waals surface area contributed by atoms with Crippen molar-refractivity contribution in [3.05, 3.63) is 104 Å². The number of hydrogen-bond donors (Lipinski definition) is 1. The Balaban J connectivity index is 1.48. The van der Waals surface area contributed by atoms with Crippen LogP contribution in [0.15, 0.2) is 76.9 Å². The monoisotopic (exact) mass is 490 g/mol. The fraction of sp³-hybridized carbons (Fsp3) is 0.0417. The van der Waals surface area contributed by atoms with Crippen LogP contribution >= 0.6 is 22.9 Å². The van der Waals surface area contributed by atoms with E-state index in [1.807, 2.05) is 24.3 Å². The van der Waals surface area contributed by atoms with Gasteiger partial charge in [0.1, 0.15) is 23.2 Å². The second kappa shape index (κ2) is 10.1. The third-order valence-corrected chi connectivity index (χ3v) is 5.83. The first-order valence-corrected chi connectivity index (χ1v) is 11.1. The first kappa shape index (κ1) is 22.9. The molecule has 0 aliphatic rings. The van der Waals surface area contributed by atoms with Gasteiger partial charge in [0.25, 0.3) is 11.6 Å². The lowest BCUT2D eigenvalue weighted by Gasteiger charge is -2.00. The van der Waals surface area contributed by atoms with Crippen molar-refractivity contribution in [1.82, 2.24) is 4.98 Å². The van der Waals surface area contributed by atoms with Crippen LogP contribution in [0.2, 0.25) is 5.02 Å². The lowest BCUT2D eigenvalue weighted by Crippen LogP contribution is -2.13. The number of thiazole rings is 1. The third-order valence-electron chi connectivity index (χ3n) is 4.69. The van der Waals surface area contributed by atoms with Crippen LogP contribution in [-0.4, -0.2) is 15.8 Å². The SMILES string of the molecule is N#CC(=Cc1ccc(-c2ccccc2[N+](=O)[O-])o1)C(=O)Nc1ncc(Cc2cccc(Cl)c2)s1. The van der Waals surface area contributed by atoms with Crippen molar-refractivity contribution >= 4 is 45.7 Å². The Bertz CT molecular complexity index is 1450. The minimum Gasteiger partial charge on any atom is -0.456 e. The molecular formula is C24H15ClN4O4S. The fourth-order valence-electron chi connectivity index (χ4n) is 3.17. The van der Waals surface area contributed by atoms with Gasteiger partial charge in [-0.2, -0.15) is 5.26 Å². The van der Waals surface area contributed by atoms with Crippen molar-refractivity contribution in [2.45, 2.75) is 6.42 Å². The van der Waals surface area contributed by atoms with Crippen LogP contribution in [0.3, 0.4) is 0 Å². The number of halogens is 1. The van der Waals surface area contributed by atoms with Crippen molar-refractivity contribution in [3.63, 3.8) is 0 Å². The van der Waals surface area contributed by atoms with Gasteiger partial charge < -0.3 is 4.42 Å². The Morgan fingerprint density at radius 1 is 1.24 bits per heavy atom. The molecule has 8 nitrogen and oxygen atoms in total. The van der Waals surface area contributed by atoms with Crippen molar-refractivity contribution in [3.8, 4) is 17.4 Å². The van der Waals surface area contributed by atoms with Gasteiger partial charge in [-0.15, -0.1) is 11.3 Å². The number of nitrogens with one attached hydrogen (secondary N) is 1. The summed E-state index contributed by atoms with van der Waals surface area (Å²) in [5.74, 6) is -0.183. The van der Waals surface area contributed by atoms with Gasteiger partial charge in [0.2, 0.25) is 0 Å². The smallest absolute Gasteiger partial charge is 0.280 e. The number of amides is 1. The quantitative estimate of drug-likeness (QED) is 0.144.